The largest absolute Gasteiger partial charge is 0.454 e. The molecule has 2 aromatic heterocycles. The first-order chi connectivity index (χ1) is 12.3. The van der Waals surface area contributed by atoms with Crippen molar-refractivity contribution in [2.45, 2.75) is 6.54 Å². The number of para-hydroxylation sites is 2. The van der Waals surface area contributed by atoms with Crippen LogP contribution in [0.25, 0.3) is 22.4 Å². The van der Waals surface area contributed by atoms with Crippen molar-refractivity contribution < 1.29 is 8.81 Å². The molecule has 124 valence electrons. The minimum atomic E-state index is -0.341. The minimum absolute atomic E-state index is 0.318. The van der Waals surface area contributed by atoms with Crippen LogP contribution in [0.2, 0.25) is 0 Å². The number of thiazole rings is 1. The predicted octanol–water partition coefficient (Wildman–Crippen LogP) is 5.52. The van der Waals surface area contributed by atoms with Crippen molar-refractivity contribution in [2.24, 2.45) is 4.99 Å². The molecule has 0 radical (unpaired) electrons. The van der Waals surface area contributed by atoms with E-state index in [2.05, 4.69) is 11.6 Å². The lowest BCUT2D eigenvalue weighted by molar-refractivity contribution is 0.618. The van der Waals surface area contributed by atoms with Crippen molar-refractivity contribution in [1.29, 1.82) is 0 Å². The van der Waals surface area contributed by atoms with E-state index in [1.165, 1.54) is 17.4 Å². The Morgan fingerprint density at radius 1 is 1.16 bits per heavy atom. The van der Waals surface area contributed by atoms with Crippen LogP contribution in [0.4, 0.5) is 10.1 Å². The van der Waals surface area contributed by atoms with Crippen LogP contribution in [0.15, 0.2) is 82.0 Å². The fourth-order valence-electron chi connectivity index (χ4n) is 2.68. The number of allylic oxidation sites excluding steroid dienone is 1. The van der Waals surface area contributed by atoms with E-state index in [1.807, 2.05) is 40.3 Å². The van der Waals surface area contributed by atoms with Crippen molar-refractivity contribution in [3.05, 3.63) is 83.3 Å². The zero-order valence-corrected chi connectivity index (χ0v) is 14.2. The quantitative estimate of drug-likeness (QED) is 0.446. The number of fused-ring (bicyclic) bond motifs is 1. The second kappa shape index (κ2) is 6.53. The summed E-state index contributed by atoms with van der Waals surface area (Å²) in [4.78, 5) is 5.17. The van der Waals surface area contributed by atoms with Gasteiger partial charge in [0.2, 0.25) is 0 Å². The standard InChI is InChI=1S/C20H15FN2OS/c1-2-11-23-17(19-12-14-7-3-6-10-18(14)24-19)13-25-20(23)22-16-9-5-4-8-15(16)21/h2-10,12-13H,1,11H2. The van der Waals surface area contributed by atoms with E-state index in [9.17, 15) is 4.39 Å². The lowest BCUT2D eigenvalue weighted by Crippen LogP contribution is -2.14. The normalized spacial score (nSPS) is 12.0. The van der Waals surface area contributed by atoms with E-state index in [0.717, 1.165) is 22.4 Å². The van der Waals surface area contributed by atoms with Gasteiger partial charge in [-0.05, 0) is 24.3 Å². The molecule has 0 amide bonds. The van der Waals surface area contributed by atoms with Crippen LogP contribution in [-0.2, 0) is 6.54 Å². The molecule has 0 spiro atoms. The van der Waals surface area contributed by atoms with Gasteiger partial charge < -0.3 is 8.98 Å². The van der Waals surface area contributed by atoms with Crippen LogP contribution in [0, 0.1) is 5.82 Å². The second-order valence-electron chi connectivity index (χ2n) is 5.51. The number of hydrogen-bond donors (Lipinski definition) is 0. The van der Waals surface area contributed by atoms with Gasteiger partial charge in [-0.15, -0.1) is 17.9 Å². The highest BCUT2D eigenvalue weighted by molar-refractivity contribution is 7.07. The molecule has 3 nitrogen and oxygen atoms in total. The molecular formula is C20H15FN2OS. The van der Waals surface area contributed by atoms with Crippen molar-refractivity contribution in [3.8, 4) is 11.5 Å². The molecule has 0 saturated carbocycles. The van der Waals surface area contributed by atoms with Gasteiger partial charge in [0, 0.05) is 17.3 Å². The van der Waals surface area contributed by atoms with Gasteiger partial charge in [0.1, 0.15) is 17.1 Å². The summed E-state index contributed by atoms with van der Waals surface area (Å²) in [5, 5.41) is 3.02. The van der Waals surface area contributed by atoms with Crippen LogP contribution in [0.3, 0.4) is 0 Å². The van der Waals surface area contributed by atoms with Crippen molar-refractivity contribution >= 4 is 28.0 Å². The molecule has 0 aliphatic heterocycles. The van der Waals surface area contributed by atoms with Crippen molar-refractivity contribution in [3.63, 3.8) is 0 Å². The summed E-state index contributed by atoms with van der Waals surface area (Å²) in [5.74, 6) is 0.417. The maximum absolute atomic E-state index is 13.9. The van der Waals surface area contributed by atoms with Gasteiger partial charge in [-0.3, -0.25) is 0 Å². The Morgan fingerprint density at radius 2 is 1.96 bits per heavy atom. The molecule has 4 rings (SSSR count). The minimum Gasteiger partial charge on any atom is -0.454 e. The van der Waals surface area contributed by atoms with Crippen molar-refractivity contribution in [1.82, 2.24) is 4.57 Å². The summed E-state index contributed by atoms with van der Waals surface area (Å²) in [6.45, 7) is 4.37. The molecule has 0 aliphatic carbocycles. The zero-order chi connectivity index (χ0) is 17.2. The third-order valence-corrected chi connectivity index (χ3v) is 4.72. The van der Waals surface area contributed by atoms with E-state index in [4.69, 9.17) is 4.42 Å². The summed E-state index contributed by atoms with van der Waals surface area (Å²) in [6, 6.07) is 16.4. The molecule has 4 aromatic rings. The third kappa shape index (κ3) is 2.94. The second-order valence-corrected chi connectivity index (χ2v) is 6.35. The summed E-state index contributed by atoms with van der Waals surface area (Å²) in [5.41, 5.74) is 2.05. The molecule has 0 unspecified atom stereocenters. The molecule has 5 heteroatoms. The van der Waals surface area contributed by atoms with Crippen LogP contribution in [-0.4, -0.2) is 4.57 Å². The first-order valence-corrected chi connectivity index (χ1v) is 8.71. The number of aromatic nitrogens is 1. The summed E-state index contributed by atoms with van der Waals surface area (Å²) in [6.07, 6.45) is 1.79. The Labute approximate surface area is 148 Å². The summed E-state index contributed by atoms with van der Waals surface area (Å²) in [7, 11) is 0. The predicted molar refractivity (Wildman–Crippen MR) is 99.3 cm³/mol. The smallest absolute Gasteiger partial charge is 0.190 e. The highest BCUT2D eigenvalue weighted by Crippen LogP contribution is 2.28. The lowest BCUT2D eigenvalue weighted by Gasteiger charge is -2.03. The van der Waals surface area contributed by atoms with Crippen LogP contribution < -0.4 is 4.80 Å². The summed E-state index contributed by atoms with van der Waals surface area (Å²) < 4.78 is 21.9. The average molecular weight is 350 g/mol. The van der Waals surface area contributed by atoms with Crippen LogP contribution >= 0.6 is 11.3 Å². The van der Waals surface area contributed by atoms with Gasteiger partial charge in [0.25, 0.3) is 0 Å². The average Bonchev–Trinajstić information content (AvgIpc) is 3.21. The summed E-state index contributed by atoms with van der Waals surface area (Å²) >= 11 is 1.45. The molecule has 2 heterocycles. The molecule has 0 saturated heterocycles. The monoisotopic (exact) mass is 350 g/mol. The Bertz CT molecular complexity index is 1090. The van der Waals surface area contributed by atoms with E-state index in [-0.39, 0.29) is 5.82 Å². The van der Waals surface area contributed by atoms with Crippen molar-refractivity contribution in [2.75, 3.05) is 0 Å². The SMILES string of the molecule is C=CCn1c(-c2cc3ccccc3o2)csc1=Nc1ccccc1F. The Kier molecular flexibility index (Phi) is 4.07. The van der Waals surface area contributed by atoms with Crippen LogP contribution in [0.5, 0.6) is 0 Å². The molecule has 0 aliphatic rings. The Morgan fingerprint density at radius 3 is 2.76 bits per heavy atom. The molecule has 0 bridgehead atoms. The van der Waals surface area contributed by atoms with E-state index in [1.54, 1.807) is 24.3 Å². The third-order valence-electron chi connectivity index (χ3n) is 3.86. The van der Waals surface area contributed by atoms with E-state index < -0.39 is 0 Å². The van der Waals surface area contributed by atoms with Gasteiger partial charge >= 0.3 is 0 Å². The van der Waals surface area contributed by atoms with Gasteiger partial charge in [-0.25, -0.2) is 9.38 Å². The molecular weight excluding hydrogens is 335 g/mol. The maximum Gasteiger partial charge on any atom is 0.190 e. The fourth-order valence-corrected chi connectivity index (χ4v) is 3.59. The van der Waals surface area contributed by atoms with Gasteiger partial charge in [0.05, 0.1) is 5.69 Å². The van der Waals surface area contributed by atoms with Gasteiger partial charge in [-0.2, -0.15) is 0 Å². The highest BCUT2D eigenvalue weighted by atomic mass is 32.1. The molecule has 0 N–H and O–H groups in total. The highest BCUT2D eigenvalue weighted by Gasteiger charge is 2.12. The maximum atomic E-state index is 13.9. The number of halogens is 1. The molecule has 0 fully saturated rings. The van der Waals surface area contributed by atoms with Gasteiger partial charge in [-0.1, -0.05) is 36.4 Å². The zero-order valence-electron chi connectivity index (χ0n) is 13.4. The van der Waals surface area contributed by atoms with E-state index in [0.29, 0.717) is 17.0 Å². The topological polar surface area (TPSA) is 30.4 Å². The molecule has 25 heavy (non-hydrogen) atoms. The number of nitrogens with zero attached hydrogens (tertiary/aromatic N) is 2. The molecule has 0 atom stereocenters. The first kappa shape index (κ1) is 15.6. The first-order valence-electron chi connectivity index (χ1n) is 7.83. The number of benzene rings is 2. The van der Waals surface area contributed by atoms with Gasteiger partial charge in [0.15, 0.2) is 10.6 Å². The number of rotatable bonds is 4. The van der Waals surface area contributed by atoms with E-state index >= 15 is 0 Å². The molecule has 2 aromatic carbocycles. The Hall–Kier alpha value is -2.92. The number of hydrogen-bond acceptors (Lipinski definition) is 3. The lowest BCUT2D eigenvalue weighted by atomic mass is 10.2. The van der Waals surface area contributed by atoms with Crippen LogP contribution in [0.1, 0.15) is 0 Å². The fraction of sp³-hybridized carbons (Fsp3) is 0.0500. The Balaban J connectivity index is 1.88. The number of furan rings is 1.